The molecule has 220 valence electrons. The Morgan fingerprint density at radius 2 is 1.76 bits per heavy atom. The summed E-state index contributed by atoms with van der Waals surface area (Å²) in [6, 6.07) is 26.1. The van der Waals surface area contributed by atoms with E-state index in [0.717, 1.165) is 16.3 Å². The number of fused-ring (bicyclic) bond motifs is 6. The van der Waals surface area contributed by atoms with Gasteiger partial charge in [0.1, 0.15) is 5.58 Å². The van der Waals surface area contributed by atoms with E-state index in [-0.39, 0.29) is 34.0 Å². The lowest BCUT2D eigenvalue weighted by molar-refractivity contribution is -0.121. The van der Waals surface area contributed by atoms with Crippen molar-refractivity contribution in [1.29, 1.82) is 0 Å². The van der Waals surface area contributed by atoms with E-state index >= 15 is 0 Å². The molecule has 2 aromatic heterocycles. The zero-order valence-electron chi connectivity index (χ0n) is 23.4. The second kappa shape index (κ2) is 10.4. The Morgan fingerprint density at radius 3 is 2.62 bits per heavy atom. The first-order valence-electron chi connectivity index (χ1n) is 14.0. The molecule has 0 fully saturated rings. The van der Waals surface area contributed by atoms with Gasteiger partial charge in [-0.15, -0.1) is 16.8 Å². The first kappa shape index (κ1) is 27.8. The largest absolute Gasteiger partial charge is 0.450 e. The van der Waals surface area contributed by atoms with Gasteiger partial charge in [-0.1, -0.05) is 101 Å². The maximum absolute atomic E-state index is 14.7. The molecule has 8 nitrogen and oxygen atoms in total. The maximum Gasteiger partial charge on any atom is 0.297 e. The van der Waals surface area contributed by atoms with Crippen molar-refractivity contribution in [3.05, 3.63) is 135 Å². The number of para-hydroxylation sites is 1. The fourth-order valence-corrected chi connectivity index (χ4v) is 8.42. The van der Waals surface area contributed by atoms with Gasteiger partial charge in [0.2, 0.25) is 10.9 Å². The summed E-state index contributed by atoms with van der Waals surface area (Å²) >= 11 is 8.93. The first-order valence-corrected chi connectivity index (χ1v) is 16.2. The summed E-state index contributed by atoms with van der Waals surface area (Å²) < 4.78 is 6.72. The van der Waals surface area contributed by atoms with Crippen molar-refractivity contribution in [3.8, 4) is 0 Å². The summed E-state index contributed by atoms with van der Waals surface area (Å²) in [5.41, 5.74) is -0.0729. The van der Waals surface area contributed by atoms with Gasteiger partial charge in [-0.3, -0.25) is 19.3 Å². The highest BCUT2D eigenvalue weighted by atomic mass is 35.5. The van der Waals surface area contributed by atoms with E-state index in [4.69, 9.17) is 16.0 Å². The Hall–Kier alpha value is -4.77. The average Bonchev–Trinajstić information content (AvgIpc) is 3.69. The average molecular weight is 649 g/mol. The monoisotopic (exact) mass is 648 g/mol. The second-order valence-electron chi connectivity index (χ2n) is 10.6. The molecule has 4 heterocycles. The van der Waals surface area contributed by atoms with Gasteiger partial charge in [0.05, 0.1) is 16.6 Å². The number of hydrogen-bond donors (Lipinski definition) is 0. The minimum absolute atomic E-state index is 0.0635. The van der Waals surface area contributed by atoms with Crippen LogP contribution in [-0.2, 0) is 16.1 Å². The maximum atomic E-state index is 14.7. The van der Waals surface area contributed by atoms with Crippen molar-refractivity contribution >= 4 is 79.1 Å². The van der Waals surface area contributed by atoms with Crippen LogP contribution in [-0.4, -0.2) is 28.6 Å². The van der Waals surface area contributed by atoms with Crippen molar-refractivity contribution in [2.24, 2.45) is 0 Å². The van der Waals surface area contributed by atoms with Gasteiger partial charge >= 0.3 is 0 Å². The summed E-state index contributed by atoms with van der Waals surface area (Å²) in [5, 5.41) is 11.8. The molecule has 0 aliphatic carbocycles. The van der Waals surface area contributed by atoms with Crippen molar-refractivity contribution < 1.29 is 14.0 Å². The fourth-order valence-electron chi connectivity index (χ4n) is 6.35. The van der Waals surface area contributed by atoms with E-state index in [1.807, 2.05) is 18.2 Å². The van der Waals surface area contributed by atoms with Crippen LogP contribution in [0.3, 0.4) is 0 Å². The number of hydrogen-bond acceptors (Lipinski definition) is 8. The molecule has 45 heavy (non-hydrogen) atoms. The molecule has 2 aliphatic rings. The lowest BCUT2D eigenvalue weighted by atomic mass is 9.84. The third kappa shape index (κ3) is 3.96. The smallest absolute Gasteiger partial charge is 0.297 e. The topological polar surface area (TPSA) is 96.6 Å². The van der Waals surface area contributed by atoms with E-state index in [1.165, 1.54) is 39.0 Å². The van der Waals surface area contributed by atoms with E-state index < -0.39 is 22.8 Å². The lowest BCUT2D eigenvalue weighted by Crippen LogP contribution is -2.53. The standard InChI is InChI=1S/C34H21ClN4O4S2/c1-2-16-38-25-13-6-5-12-24(25)34(31(38)42)27-28(40)23-17-21(35)14-15-26(23)43-29(27)30(41)39(34)32-36-37-33(45-32)44-18-20-10-7-9-19-8-3-4-11-22(19)20/h2-15,17H,1,16,18H2. The second-order valence-corrected chi connectivity index (χ2v) is 13.2. The van der Waals surface area contributed by atoms with Crippen LogP contribution in [0.1, 0.15) is 27.2 Å². The summed E-state index contributed by atoms with van der Waals surface area (Å²) in [5.74, 6) is -0.719. The zero-order valence-corrected chi connectivity index (χ0v) is 25.8. The van der Waals surface area contributed by atoms with Crippen molar-refractivity contribution in [3.63, 3.8) is 0 Å². The molecule has 8 rings (SSSR count). The number of aromatic nitrogens is 2. The Kier molecular flexibility index (Phi) is 6.42. The fraction of sp³-hybridized carbons (Fsp3) is 0.0882. The van der Waals surface area contributed by atoms with E-state index in [2.05, 4.69) is 41.0 Å². The Bertz CT molecular complexity index is 2290. The Morgan fingerprint density at radius 1 is 0.956 bits per heavy atom. The third-order valence-corrected chi connectivity index (χ3v) is 10.5. The molecule has 1 unspecified atom stereocenters. The van der Waals surface area contributed by atoms with E-state index in [1.54, 1.807) is 42.5 Å². The van der Waals surface area contributed by atoms with Crippen LogP contribution in [0.15, 0.2) is 111 Å². The van der Waals surface area contributed by atoms with Gasteiger partial charge in [-0.2, -0.15) is 0 Å². The minimum atomic E-state index is -1.86. The molecule has 1 atom stereocenters. The number of benzene rings is 4. The molecule has 0 radical (unpaired) electrons. The number of rotatable bonds is 6. The number of anilines is 2. The summed E-state index contributed by atoms with van der Waals surface area (Å²) in [7, 11) is 0. The minimum Gasteiger partial charge on any atom is -0.450 e. The zero-order chi connectivity index (χ0) is 30.9. The summed E-state index contributed by atoms with van der Waals surface area (Å²) in [6.07, 6.45) is 1.60. The first-order chi connectivity index (χ1) is 21.9. The normalized spacial score (nSPS) is 17.1. The van der Waals surface area contributed by atoms with Gasteiger partial charge < -0.3 is 9.32 Å². The SMILES string of the molecule is C=CCN1C(=O)C2(c3ccccc31)c1c(oc3ccc(Cl)cc3c1=O)C(=O)N2c1nnc(SCc2cccc3ccccc23)s1. The van der Waals surface area contributed by atoms with Crippen LogP contribution in [0.25, 0.3) is 21.7 Å². The van der Waals surface area contributed by atoms with Crippen LogP contribution >= 0.6 is 34.7 Å². The van der Waals surface area contributed by atoms with Gasteiger partial charge in [-0.05, 0) is 40.6 Å². The van der Waals surface area contributed by atoms with Crippen molar-refractivity contribution in [2.45, 2.75) is 15.6 Å². The Labute approximate surface area is 269 Å². The van der Waals surface area contributed by atoms with Crippen molar-refractivity contribution in [1.82, 2.24) is 10.2 Å². The predicted octanol–water partition coefficient (Wildman–Crippen LogP) is 7.18. The summed E-state index contributed by atoms with van der Waals surface area (Å²) in [6.45, 7) is 4.00. The van der Waals surface area contributed by atoms with Crippen LogP contribution in [0.2, 0.25) is 5.02 Å². The molecule has 11 heteroatoms. The Balaban J connectivity index is 1.30. The number of nitrogens with zero attached hydrogens (tertiary/aromatic N) is 4. The van der Waals surface area contributed by atoms with Crippen molar-refractivity contribution in [2.75, 3.05) is 16.3 Å². The molecular formula is C34H21ClN4O4S2. The van der Waals surface area contributed by atoms with E-state index in [0.29, 0.717) is 26.4 Å². The molecule has 0 bridgehead atoms. The van der Waals surface area contributed by atoms with Gasteiger partial charge in [0.15, 0.2) is 15.3 Å². The number of carbonyl (C=O) groups excluding carboxylic acids is 2. The highest BCUT2D eigenvalue weighted by Crippen LogP contribution is 2.54. The van der Waals surface area contributed by atoms with Crippen LogP contribution in [0.5, 0.6) is 0 Å². The lowest BCUT2D eigenvalue weighted by Gasteiger charge is -2.31. The number of thioether (sulfide) groups is 1. The molecule has 1 spiro atoms. The molecule has 0 saturated carbocycles. The predicted molar refractivity (Wildman–Crippen MR) is 177 cm³/mol. The third-order valence-electron chi connectivity index (χ3n) is 8.22. The van der Waals surface area contributed by atoms with Crippen LogP contribution < -0.4 is 15.2 Å². The molecular weight excluding hydrogens is 628 g/mol. The van der Waals surface area contributed by atoms with E-state index in [9.17, 15) is 14.4 Å². The molecule has 2 aliphatic heterocycles. The highest BCUT2D eigenvalue weighted by Gasteiger charge is 2.66. The van der Waals surface area contributed by atoms with Crippen LogP contribution in [0.4, 0.5) is 10.8 Å². The van der Waals surface area contributed by atoms with Crippen LogP contribution in [0, 0.1) is 0 Å². The molecule has 0 saturated heterocycles. The molecule has 2 amide bonds. The summed E-state index contributed by atoms with van der Waals surface area (Å²) in [4.78, 5) is 46.2. The van der Waals surface area contributed by atoms with Gasteiger partial charge in [0.25, 0.3) is 11.8 Å². The number of amides is 2. The molecule has 0 N–H and O–H groups in total. The number of halogens is 1. The van der Waals surface area contributed by atoms with Gasteiger partial charge in [0, 0.05) is 22.9 Å². The quantitative estimate of drug-likeness (QED) is 0.107. The van der Waals surface area contributed by atoms with Gasteiger partial charge in [-0.25, -0.2) is 0 Å². The number of carbonyl (C=O) groups is 2. The molecule has 4 aromatic carbocycles. The molecule has 6 aromatic rings. The highest BCUT2D eigenvalue weighted by molar-refractivity contribution is 8.00.